The number of nitrogen functional groups attached to an aromatic ring is 1. The standard InChI is InChI=1S/C11H13N3O2/c1-6-5-13-11(14-6)7-3-10(16-2)9(15)4-8(7)12/h3-5,15H,12H2,1-2H3,(H,13,14). The van der Waals surface area contributed by atoms with Crippen molar-refractivity contribution >= 4 is 5.69 Å². The number of aromatic hydroxyl groups is 1. The van der Waals surface area contributed by atoms with E-state index in [1.165, 1.54) is 13.2 Å². The number of methoxy groups -OCH3 is 1. The second-order valence-corrected chi connectivity index (χ2v) is 3.53. The molecule has 0 aliphatic rings. The minimum atomic E-state index is 0.0204. The highest BCUT2D eigenvalue weighted by molar-refractivity contribution is 5.75. The zero-order valence-corrected chi connectivity index (χ0v) is 9.11. The van der Waals surface area contributed by atoms with Crippen LogP contribution in [-0.2, 0) is 0 Å². The van der Waals surface area contributed by atoms with E-state index in [2.05, 4.69) is 9.97 Å². The maximum atomic E-state index is 9.53. The van der Waals surface area contributed by atoms with Crippen molar-refractivity contribution in [1.82, 2.24) is 9.97 Å². The summed E-state index contributed by atoms with van der Waals surface area (Å²) in [5.41, 5.74) is 7.92. The fourth-order valence-electron chi connectivity index (χ4n) is 1.50. The van der Waals surface area contributed by atoms with Gasteiger partial charge in [0.1, 0.15) is 5.82 Å². The molecule has 0 aliphatic carbocycles. The fourth-order valence-corrected chi connectivity index (χ4v) is 1.50. The molecule has 0 fully saturated rings. The molecule has 0 saturated heterocycles. The average molecular weight is 219 g/mol. The van der Waals surface area contributed by atoms with Crippen molar-refractivity contribution in [3.63, 3.8) is 0 Å². The molecular formula is C11H13N3O2. The van der Waals surface area contributed by atoms with Crippen molar-refractivity contribution in [3.05, 3.63) is 24.0 Å². The molecule has 1 heterocycles. The van der Waals surface area contributed by atoms with Gasteiger partial charge in [-0.2, -0.15) is 0 Å². The second kappa shape index (κ2) is 3.77. The summed E-state index contributed by atoms with van der Waals surface area (Å²) in [6.07, 6.45) is 1.72. The van der Waals surface area contributed by atoms with Gasteiger partial charge in [-0.3, -0.25) is 0 Å². The Morgan fingerprint density at radius 1 is 1.44 bits per heavy atom. The van der Waals surface area contributed by atoms with Crippen molar-refractivity contribution in [2.75, 3.05) is 12.8 Å². The number of aryl methyl sites for hydroxylation is 1. The number of nitrogens with two attached hydrogens (primary N) is 1. The van der Waals surface area contributed by atoms with E-state index in [-0.39, 0.29) is 5.75 Å². The molecule has 0 bridgehead atoms. The Balaban J connectivity index is 2.56. The molecule has 5 nitrogen and oxygen atoms in total. The quantitative estimate of drug-likeness (QED) is 0.671. The molecule has 0 unspecified atom stereocenters. The van der Waals surface area contributed by atoms with Gasteiger partial charge in [0, 0.05) is 29.2 Å². The molecule has 5 heteroatoms. The predicted molar refractivity (Wildman–Crippen MR) is 61.4 cm³/mol. The lowest BCUT2D eigenvalue weighted by molar-refractivity contribution is 0.374. The first-order valence-corrected chi connectivity index (χ1v) is 4.80. The number of benzene rings is 1. The Hall–Kier alpha value is -2.17. The van der Waals surface area contributed by atoms with Gasteiger partial charge >= 0.3 is 0 Å². The number of ether oxygens (including phenoxy) is 1. The van der Waals surface area contributed by atoms with Crippen LogP contribution in [0.5, 0.6) is 11.5 Å². The zero-order chi connectivity index (χ0) is 11.7. The normalized spacial score (nSPS) is 10.4. The Morgan fingerprint density at radius 3 is 2.75 bits per heavy atom. The largest absolute Gasteiger partial charge is 0.504 e. The van der Waals surface area contributed by atoms with E-state index in [1.54, 1.807) is 12.3 Å². The van der Waals surface area contributed by atoms with Gasteiger partial charge < -0.3 is 20.6 Å². The monoisotopic (exact) mass is 219 g/mol. The van der Waals surface area contributed by atoms with Crippen LogP contribution in [0.1, 0.15) is 5.69 Å². The van der Waals surface area contributed by atoms with E-state index in [0.29, 0.717) is 22.8 Å². The van der Waals surface area contributed by atoms with Crippen molar-refractivity contribution < 1.29 is 9.84 Å². The van der Waals surface area contributed by atoms with E-state index in [9.17, 15) is 5.11 Å². The number of hydrogen-bond donors (Lipinski definition) is 3. The van der Waals surface area contributed by atoms with Gasteiger partial charge in [-0.15, -0.1) is 0 Å². The predicted octanol–water partition coefficient (Wildman–Crippen LogP) is 1.68. The van der Waals surface area contributed by atoms with Crippen molar-refractivity contribution in [3.8, 4) is 22.9 Å². The van der Waals surface area contributed by atoms with Gasteiger partial charge in [-0.1, -0.05) is 0 Å². The maximum Gasteiger partial charge on any atom is 0.161 e. The van der Waals surface area contributed by atoms with Crippen molar-refractivity contribution in [2.24, 2.45) is 0 Å². The zero-order valence-electron chi connectivity index (χ0n) is 9.11. The number of hydrogen-bond acceptors (Lipinski definition) is 4. The highest BCUT2D eigenvalue weighted by Crippen LogP contribution is 2.35. The highest BCUT2D eigenvalue weighted by Gasteiger charge is 2.11. The van der Waals surface area contributed by atoms with Crippen LogP contribution in [0.2, 0.25) is 0 Å². The van der Waals surface area contributed by atoms with Gasteiger partial charge in [0.25, 0.3) is 0 Å². The molecule has 1 aromatic carbocycles. The lowest BCUT2D eigenvalue weighted by Gasteiger charge is -2.08. The van der Waals surface area contributed by atoms with Crippen LogP contribution in [0.4, 0.5) is 5.69 Å². The number of anilines is 1. The number of phenolic OH excluding ortho intramolecular Hbond substituents is 1. The van der Waals surface area contributed by atoms with Crippen LogP contribution in [0.3, 0.4) is 0 Å². The van der Waals surface area contributed by atoms with Gasteiger partial charge in [0.2, 0.25) is 0 Å². The molecule has 1 aromatic heterocycles. The summed E-state index contributed by atoms with van der Waals surface area (Å²) < 4.78 is 5.02. The van der Waals surface area contributed by atoms with Gasteiger partial charge in [-0.05, 0) is 13.0 Å². The summed E-state index contributed by atoms with van der Waals surface area (Å²) in [6.45, 7) is 1.91. The molecule has 0 saturated carbocycles. The number of nitrogens with zero attached hydrogens (tertiary/aromatic N) is 1. The lowest BCUT2D eigenvalue weighted by atomic mass is 10.1. The number of aromatic amines is 1. The number of imidazole rings is 1. The first kappa shape index (κ1) is 10.4. The number of rotatable bonds is 2. The van der Waals surface area contributed by atoms with Gasteiger partial charge in [0.15, 0.2) is 11.5 Å². The maximum absolute atomic E-state index is 9.53. The Morgan fingerprint density at radius 2 is 2.19 bits per heavy atom. The summed E-state index contributed by atoms with van der Waals surface area (Å²) in [6, 6.07) is 3.11. The second-order valence-electron chi connectivity index (χ2n) is 3.53. The van der Waals surface area contributed by atoms with Crippen LogP contribution < -0.4 is 10.5 Å². The van der Waals surface area contributed by atoms with Gasteiger partial charge in [0.05, 0.1) is 7.11 Å². The SMILES string of the molecule is COc1cc(-c2ncc(C)[nH]2)c(N)cc1O. The third-order valence-electron chi connectivity index (χ3n) is 2.31. The van der Waals surface area contributed by atoms with E-state index in [0.717, 1.165) is 5.69 Å². The minimum absolute atomic E-state index is 0.0204. The molecule has 2 aromatic rings. The number of H-pyrrole nitrogens is 1. The molecule has 84 valence electrons. The van der Waals surface area contributed by atoms with Crippen LogP contribution >= 0.6 is 0 Å². The van der Waals surface area contributed by atoms with Crippen LogP contribution in [-0.4, -0.2) is 22.2 Å². The minimum Gasteiger partial charge on any atom is -0.504 e. The molecule has 0 atom stereocenters. The van der Waals surface area contributed by atoms with Crippen molar-refractivity contribution in [2.45, 2.75) is 6.92 Å². The van der Waals surface area contributed by atoms with E-state index < -0.39 is 0 Å². The molecule has 2 rings (SSSR count). The number of nitrogens with one attached hydrogen (secondary N) is 1. The first-order valence-electron chi connectivity index (χ1n) is 4.80. The summed E-state index contributed by atoms with van der Waals surface area (Å²) in [4.78, 5) is 7.25. The van der Waals surface area contributed by atoms with E-state index in [1.807, 2.05) is 6.92 Å². The third-order valence-corrected chi connectivity index (χ3v) is 2.31. The summed E-state index contributed by atoms with van der Waals surface area (Å²) in [5, 5.41) is 9.53. The Labute approximate surface area is 92.9 Å². The number of aromatic nitrogens is 2. The average Bonchev–Trinajstić information content (AvgIpc) is 2.65. The molecule has 0 amide bonds. The fraction of sp³-hybridized carbons (Fsp3) is 0.182. The first-order chi connectivity index (χ1) is 7.61. The van der Waals surface area contributed by atoms with E-state index >= 15 is 0 Å². The van der Waals surface area contributed by atoms with Crippen LogP contribution in [0.15, 0.2) is 18.3 Å². The molecule has 0 aliphatic heterocycles. The summed E-state index contributed by atoms with van der Waals surface area (Å²) in [5.74, 6) is 1.05. The molecule has 4 N–H and O–H groups in total. The lowest BCUT2D eigenvalue weighted by Crippen LogP contribution is -1.94. The Bertz CT molecular complexity index is 520. The van der Waals surface area contributed by atoms with E-state index in [4.69, 9.17) is 10.5 Å². The molecular weight excluding hydrogens is 206 g/mol. The molecule has 0 spiro atoms. The molecule has 16 heavy (non-hydrogen) atoms. The van der Waals surface area contributed by atoms with Crippen LogP contribution in [0, 0.1) is 6.92 Å². The third kappa shape index (κ3) is 1.67. The van der Waals surface area contributed by atoms with Crippen molar-refractivity contribution in [1.29, 1.82) is 0 Å². The smallest absolute Gasteiger partial charge is 0.161 e. The molecule has 0 radical (unpaired) electrons. The highest BCUT2D eigenvalue weighted by atomic mass is 16.5. The summed E-state index contributed by atoms with van der Waals surface area (Å²) >= 11 is 0. The van der Waals surface area contributed by atoms with Gasteiger partial charge in [-0.25, -0.2) is 4.98 Å². The topological polar surface area (TPSA) is 84.2 Å². The number of phenols is 1. The van der Waals surface area contributed by atoms with Crippen LogP contribution in [0.25, 0.3) is 11.4 Å². The Kier molecular flexibility index (Phi) is 2.44. The summed E-state index contributed by atoms with van der Waals surface area (Å²) in [7, 11) is 1.49.